The number of methoxy groups -OCH3 is 2. The highest BCUT2D eigenvalue weighted by Gasteiger charge is 2.33. The van der Waals surface area contributed by atoms with E-state index in [2.05, 4.69) is 16.2 Å². The SMILES string of the molecule is COc1cc(F)ccc1NC1CCN(c2ccc(C3CNNC3)c(OC)c2)C1=O. The molecule has 2 heterocycles. The molecule has 7 nitrogen and oxygen atoms in total. The number of carbonyl (C=O) groups excluding carboxylic acids is 1. The van der Waals surface area contributed by atoms with E-state index in [4.69, 9.17) is 9.47 Å². The lowest BCUT2D eigenvalue weighted by molar-refractivity contribution is -0.117. The maximum Gasteiger partial charge on any atom is 0.249 e. The molecule has 1 atom stereocenters. The van der Waals surface area contributed by atoms with Crippen molar-refractivity contribution in [1.29, 1.82) is 0 Å². The van der Waals surface area contributed by atoms with Crippen molar-refractivity contribution < 1.29 is 18.7 Å². The molecule has 0 aromatic heterocycles. The fourth-order valence-electron chi connectivity index (χ4n) is 3.93. The number of hydrogen-bond acceptors (Lipinski definition) is 6. The summed E-state index contributed by atoms with van der Waals surface area (Å²) in [6.07, 6.45) is 0.639. The third-order valence-corrected chi connectivity index (χ3v) is 5.49. The highest BCUT2D eigenvalue weighted by atomic mass is 19.1. The molecular formula is C21H25FN4O3. The van der Waals surface area contributed by atoms with Crippen LogP contribution in [-0.4, -0.2) is 45.8 Å². The molecule has 1 amide bonds. The van der Waals surface area contributed by atoms with Gasteiger partial charge in [-0.3, -0.25) is 15.6 Å². The Hall–Kier alpha value is -2.84. The number of halogens is 1. The first-order valence-corrected chi connectivity index (χ1v) is 9.66. The van der Waals surface area contributed by atoms with E-state index in [1.54, 1.807) is 18.1 Å². The number of nitrogens with zero attached hydrogens (tertiary/aromatic N) is 1. The van der Waals surface area contributed by atoms with Crippen LogP contribution in [0.2, 0.25) is 0 Å². The van der Waals surface area contributed by atoms with Crippen LogP contribution < -0.4 is 30.5 Å². The second-order valence-corrected chi connectivity index (χ2v) is 7.21. The first-order valence-electron chi connectivity index (χ1n) is 9.66. The van der Waals surface area contributed by atoms with Crippen molar-refractivity contribution >= 4 is 17.3 Å². The maximum atomic E-state index is 13.4. The van der Waals surface area contributed by atoms with Gasteiger partial charge in [-0.1, -0.05) is 6.07 Å². The molecule has 2 saturated heterocycles. The summed E-state index contributed by atoms with van der Waals surface area (Å²) in [7, 11) is 3.13. The van der Waals surface area contributed by atoms with Gasteiger partial charge in [0.15, 0.2) is 0 Å². The summed E-state index contributed by atoms with van der Waals surface area (Å²) in [5.41, 5.74) is 8.78. The minimum Gasteiger partial charge on any atom is -0.496 e. The van der Waals surface area contributed by atoms with Gasteiger partial charge in [-0.2, -0.15) is 0 Å². The van der Waals surface area contributed by atoms with E-state index in [0.717, 1.165) is 30.1 Å². The number of carbonyl (C=O) groups is 1. The lowest BCUT2D eigenvalue weighted by Gasteiger charge is -2.21. The van der Waals surface area contributed by atoms with Gasteiger partial charge in [0, 0.05) is 43.4 Å². The van der Waals surface area contributed by atoms with E-state index in [0.29, 0.717) is 30.3 Å². The summed E-state index contributed by atoms with van der Waals surface area (Å²) in [6.45, 7) is 2.27. The van der Waals surface area contributed by atoms with E-state index < -0.39 is 6.04 Å². The van der Waals surface area contributed by atoms with Crippen molar-refractivity contribution in [2.45, 2.75) is 18.4 Å². The number of anilines is 2. The van der Waals surface area contributed by atoms with Crippen LogP contribution in [0.5, 0.6) is 11.5 Å². The van der Waals surface area contributed by atoms with Gasteiger partial charge >= 0.3 is 0 Å². The van der Waals surface area contributed by atoms with E-state index in [-0.39, 0.29) is 11.7 Å². The van der Waals surface area contributed by atoms with E-state index in [1.165, 1.54) is 19.2 Å². The van der Waals surface area contributed by atoms with Crippen molar-refractivity contribution in [2.24, 2.45) is 0 Å². The van der Waals surface area contributed by atoms with E-state index >= 15 is 0 Å². The topological polar surface area (TPSA) is 74.9 Å². The van der Waals surface area contributed by atoms with Crippen LogP contribution in [0, 0.1) is 5.82 Å². The second kappa shape index (κ2) is 8.26. The Balaban J connectivity index is 1.51. The number of hydrogen-bond donors (Lipinski definition) is 3. The van der Waals surface area contributed by atoms with E-state index in [1.807, 2.05) is 18.2 Å². The van der Waals surface area contributed by atoms with Crippen molar-refractivity contribution in [3.05, 3.63) is 47.8 Å². The lowest BCUT2D eigenvalue weighted by Crippen LogP contribution is -2.33. The van der Waals surface area contributed by atoms with E-state index in [9.17, 15) is 9.18 Å². The van der Waals surface area contributed by atoms with Crippen LogP contribution in [0.25, 0.3) is 0 Å². The summed E-state index contributed by atoms with van der Waals surface area (Å²) >= 11 is 0. The molecule has 2 aromatic rings. The standard InChI is InChI=1S/C21H25FN4O3/c1-28-19-10-15(4-5-16(19)13-11-23-24-12-13)26-8-7-18(21(26)27)25-17-6-3-14(22)9-20(17)29-2/h3-6,9-10,13,18,23-25H,7-8,11-12H2,1-2H3. The van der Waals surface area contributed by atoms with Crippen molar-refractivity contribution in [1.82, 2.24) is 10.9 Å². The first kappa shape index (κ1) is 19.5. The Morgan fingerprint density at radius 1 is 1.07 bits per heavy atom. The van der Waals surface area contributed by atoms with Gasteiger partial charge in [0.25, 0.3) is 0 Å². The normalized spacial score (nSPS) is 19.6. The Morgan fingerprint density at radius 3 is 2.55 bits per heavy atom. The minimum atomic E-state index is -0.400. The van der Waals surface area contributed by atoms with Gasteiger partial charge in [0.2, 0.25) is 5.91 Å². The highest BCUT2D eigenvalue weighted by molar-refractivity contribution is 6.01. The Morgan fingerprint density at radius 2 is 1.83 bits per heavy atom. The zero-order chi connectivity index (χ0) is 20.4. The average molecular weight is 400 g/mol. The molecule has 0 radical (unpaired) electrons. The molecule has 4 rings (SSSR count). The zero-order valence-corrected chi connectivity index (χ0v) is 16.5. The highest BCUT2D eigenvalue weighted by Crippen LogP contribution is 2.34. The number of ether oxygens (including phenoxy) is 2. The maximum absolute atomic E-state index is 13.4. The van der Waals surface area contributed by atoms with Crippen LogP contribution in [-0.2, 0) is 4.79 Å². The van der Waals surface area contributed by atoms with Crippen molar-refractivity contribution in [3.8, 4) is 11.5 Å². The van der Waals surface area contributed by atoms with Crippen LogP contribution >= 0.6 is 0 Å². The average Bonchev–Trinajstić information content (AvgIpc) is 3.39. The third-order valence-electron chi connectivity index (χ3n) is 5.49. The summed E-state index contributed by atoms with van der Waals surface area (Å²) in [5, 5.41) is 3.19. The van der Waals surface area contributed by atoms with Gasteiger partial charge in [0.1, 0.15) is 23.4 Å². The Bertz CT molecular complexity index is 901. The van der Waals surface area contributed by atoms with Crippen LogP contribution in [0.4, 0.5) is 15.8 Å². The summed E-state index contributed by atoms with van der Waals surface area (Å²) in [4.78, 5) is 14.8. The number of benzene rings is 2. The fourth-order valence-corrected chi connectivity index (χ4v) is 3.93. The molecule has 0 aliphatic carbocycles. The van der Waals surface area contributed by atoms with Gasteiger partial charge < -0.3 is 19.7 Å². The Kier molecular flexibility index (Phi) is 5.55. The molecule has 2 aliphatic heterocycles. The molecule has 2 fully saturated rings. The molecule has 1 unspecified atom stereocenters. The number of hydrazine groups is 1. The molecule has 3 N–H and O–H groups in total. The molecule has 0 spiro atoms. The molecule has 8 heteroatoms. The molecule has 2 aliphatic rings. The largest absolute Gasteiger partial charge is 0.496 e. The molecule has 0 saturated carbocycles. The summed E-state index contributed by atoms with van der Waals surface area (Å²) in [6, 6.07) is 9.76. The monoisotopic (exact) mass is 400 g/mol. The first-order chi connectivity index (χ1) is 14.1. The fraction of sp³-hybridized carbons (Fsp3) is 0.381. The zero-order valence-electron chi connectivity index (χ0n) is 16.5. The van der Waals surface area contributed by atoms with Crippen LogP contribution in [0.3, 0.4) is 0 Å². The molecule has 2 aromatic carbocycles. The third kappa shape index (κ3) is 3.86. The Labute approximate surface area is 169 Å². The van der Waals surface area contributed by atoms with Crippen molar-refractivity contribution in [2.75, 3.05) is 44.1 Å². The lowest BCUT2D eigenvalue weighted by atomic mass is 9.98. The van der Waals surface area contributed by atoms with Crippen LogP contribution in [0.15, 0.2) is 36.4 Å². The van der Waals surface area contributed by atoms with Gasteiger partial charge in [-0.15, -0.1) is 0 Å². The summed E-state index contributed by atoms with van der Waals surface area (Å²) < 4.78 is 24.2. The smallest absolute Gasteiger partial charge is 0.249 e. The molecule has 154 valence electrons. The summed E-state index contributed by atoms with van der Waals surface area (Å²) in [5.74, 6) is 1.07. The predicted molar refractivity (Wildman–Crippen MR) is 109 cm³/mol. The molecular weight excluding hydrogens is 375 g/mol. The minimum absolute atomic E-state index is 0.0321. The number of rotatable bonds is 6. The molecule has 29 heavy (non-hydrogen) atoms. The van der Waals surface area contributed by atoms with Crippen LogP contribution in [0.1, 0.15) is 17.9 Å². The number of amides is 1. The van der Waals surface area contributed by atoms with Crippen molar-refractivity contribution in [3.63, 3.8) is 0 Å². The quantitative estimate of drug-likeness (QED) is 0.691. The van der Waals surface area contributed by atoms with Gasteiger partial charge in [-0.05, 0) is 30.2 Å². The molecule has 0 bridgehead atoms. The number of nitrogens with one attached hydrogen (secondary N) is 3. The van der Waals surface area contributed by atoms with Gasteiger partial charge in [-0.25, -0.2) is 4.39 Å². The van der Waals surface area contributed by atoms with Gasteiger partial charge in [0.05, 0.1) is 19.9 Å². The second-order valence-electron chi connectivity index (χ2n) is 7.21. The predicted octanol–water partition coefficient (Wildman–Crippen LogP) is 2.25.